The molecule has 0 unspecified atom stereocenters. The highest BCUT2D eigenvalue weighted by Crippen LogP contribution is 2.19. The highest BCUT2D eigenvalue weighted by atomic mass is 16.6. The molecule has 0 bridgehead atoms. The van der Waals surface area contributed by atoms with E-state index in [-0.39, 0.29) is 22.7 Å². The predicted octanol–water partition coefficient (Wildman–Crippen LogP) is 3.63. The number of aryl methyl sites for hydroxylation is 1. The Kier molecular flexibility index (Phi) is 4.56. The van der Waals surface area contributed by atoms with Gasteiger partial charge in [0.15, 0.2) is 11.3 Å². The molecule has 0 radical (unpaired) electrons. The van der Waals surface area contributed by atoms with Gasteiger partial charge in [-0.15, -0.1) is 0 Å². The monoisotopic (exact) mass is 338 g/mol. The first kappa shape index (κ1) is 16.4. The van der Waals surface area contributed by atoms with Crippen molar-refractivity contribution in [3.63, 3.8) is 0 Å². The van der Waals surface area contributed by atoms with Crippen LogP contribution in [0, 0.1) is 10.1 Å². The molecule has 0 spiro atoms. The summed E-state index contributed by atoms with van der Waals surface area (Å²) in [6.07, 6.45) is 2.23. The standard InChI is InChI=1S/C18H14N2O5/c21-14(8-6-12-4-2-1-3-5-12)11-16-18(22)25-17-10-13(20(23)24)7-9-15(17)19-16/h1-5,7,9-11,21H,6,8H2/b14-11-. The predicted molar refractivity (Wildman–Crippen MR) is 92.3 cm³/mol. The third kappa shape index (κ3) is 3.89. The molecule has 3 rings (SSSR count). The molecule has 126 valence electrons. The quantitative estimate of drug-likeness (QED) is 0.432. The molecule has 0 aliphatic carbocycles. The van der Waals surface area contributed by atoms with E-state index in [0.717, 1.165) is 11.6 Å². The number of benzene rings is 2. The number of aliphatic hydroxyl groups is 1. The molecule has 0 atom stereocenters. The van der Waals surface area contributed by atoms with Crippen molar-refractivity contribution in [2.45, 2.75) is 12.8 Å². The molecule has 7 nitrogen and oxygen atoms in total. The summed E-state index contributed by atoms with van der Waals surface area (Å²) < 4.78 is 5.07. The minimum atomic E-state index is -0.765. The van der Waals surface area contributed by atoms with Gasteiger partial charge in [-0.2, -0.15) is 0 Å². The lowest BCUT2D eigenvalue weighted by Crippen LogP contribution is -2.07. The summed E-state index contributed by atoms with van der Waals surface area (Å²) >= 11 is 0. The second-order valence-corrected chi connectivity index (χ2v) is 5.42. The fourth-order valence-electron chi connectivity index (χ4n) is 2.36. The molecule has 0 aliphatic heterocycles. The number of rotatable bonds is 5. The van der Waals surface area contributed by atoms with Crippen molar-refractivity contribution in [1.29, 1.82) is 0 Å². The maximum Gasteiger partial charge on any atom is 0.362 e. The summed E-state index contributed by atoms with van der Waals surface area (Å²) in [6, 6.07) is 13.4. The first-order valence-corrected chi connectivity index (χ1v) is 7.56. The summed E-state index contributed by atoms with van der Waals surface area (Å²) in [5.74, 6) is 0.00455. The SMILES string of the molecule is O=c1oc2cc([N+](=O)[O-])ccc2nc1/C=C(\O)CCc1ccccc1. The zero-order valence-corrected chi connectivity index (χ0v) is 13.1. The van der Waals surface area contributed by atoms with Crippen LogP contribution in [0.2, 0.25) is 0 Å². The van der Waals surface area contributed by atoms with Gasteiger partial charge in [-0.3, -0.25) is 10.1 Å². The first-order valence-electron chi connectivity index (χ1n) is 7.56. The average Bonchev–Trinajstić information content (AvgIpc) is 2.61. The molecule has 7 heteroatoms. The van der Waals surface area contributed by atoms with Crippen molar-refractivity contribution >= 4 is 22.9 Å². The highest BCUT2D eigenvalue weighted by molar-refractivity contribution is 5.75. The minimum Gasteiger partial charge on any atom is -0.512 e. The normalized spacial score (nSPS) is 11.6. The number of allylic oxidation sites excluding steroid dienone is 1. The number of non-ortho nitro benzene ring substituents is 1. The Bertz CT molecular complexity index is 1010. The molecule has 0 saturated heterocycles. The van der Waals surface area contributed by atoms with E-state index in [2.05, 4.69) is 4.98 Å². The number of aliphatic hydroxyl groups excluding tert-OH is 1. The lowest BCUT2D eigenvalue weighted by molar-refractivity contribution is -0.384. The number of hydrogen-bond donors (Lipinski definition) is 1. The van der Waals surface area contributed by atoms with Gasteiger partial charge in [-0.25, -0.2) is 9.78 Å². The van der Waals surface area contributed by atoms with Crippen LogP contribution in [-0.4, -0.2) is 15.0 Å². The number of nitro groups is 1. The Labute approximate surface area is 142 Å². The fraction of sp³-hybridized carbons (Fsp3) is 0.111. The lowest BCUT2D eigenvalue weighted by atomic mass is 10.1. The smallest absolute Gasteiger partial charge is 0.362 e. The van der Waals surface area contributed by atoms with Gasteiger partial charge in [-0.05, 0) is 18.1 Å². The summed E-state index contributed by atoms with van der Waals surface area (Å²) in [4.78, 5) is 26.2. The summed E-state index contributed by atoms with van der Waals surface area (Å²) in [5.41, 5.74) is 0.387. The number of nitro benzene ring substituents is 1. The van der Waals surface area contributed by atoms with Gasteiger partial charge < -0.3 is 9.52 Å². The molecule has 3 aromatic rings. The van der Waals surface area contributed by atoms with Crippen LogP contribution in [0.1, 0.15) is 17.7 Å². The summed E-state index contributed by atoms with van der Waals surface area (Å²) in [6.45, 7) is 0. The molecular weight excluding hydrogens is 324 g/mol. The second-order valence-electron chi connectivity index (χ2n) is 5.42. The Balaban J connectivity index is 1.85. The van der Waals surface area contributed by atoms with E-state index >= 15 is 0 Å². The molecular formula is C18H14N2O5. The first-order chi connectivity index (χ1) is 12.0. The van der Waals surface area contributed by atoms with Crippen molar-refractivity contribution in [2.75, 3.05) is 0 Å². The largest absolute Gasteiger partial charge is 0.512 e. The van der Waals surface area contributed by atoms with Gasteiger partial charge in [0, 0.05) is 18.6 Å². The molecule has 1 N–H and O–H groups in total. The van der Waals surface area contributed by atoms with Gasteiger partial charge in [0.25, 0.3) is 5.69 Å². The van der Waals surface area contributed by atoms with Gasteiger partial charge in [-0.1, -0.05) is 30.3 Å². The third-order valence-electron chi connectivity index (χ3n) is 3.62. The van der Waals surface area contributed by atoms with E-state index in [9.17, 15) is 20.0 Å². The van der Waals surface area contributed by atoms with Gasteiger partial charge >= 0.3 is 5.63 Å². The molecule has 2 aromatic carbocycles. The van der Waals surface area contributed by atoms with Gasteiger partial charge in [0.2, 0.25) is 0 Å². The molecule has 1 heterocycles. The number of aromatic nitrogens is 1. The number of hydrogen-bond acceptors (Lipinski definition) is 6. The molecule has 25 heavy (non-hydrogen) atoms. The highest BCUT2D eigenvalue weighted by Gasteiger charge is 2.11. The van der Waals surface area contributed by atoms with Crippen molar-refractivity contribution in [2.24, 2.45) is 0 Å². The van der Waals surface area contributed by atoms with E-state index in [4.69, 9.17) is 4.42 Å². The van der Waals surface area contributed by atoms with Crippen LogP contribution in [0.5, 0.6) is 0 Å². The molecule has 0 aliphatic rings. The van der Waals surface area contributed by atoms with E-state index in [1.54, 1.807) is 0 Å². The third-order valence-corrected chi connectivity index (χ3v) is 3.62. The fourth-order valence-corrected chi connectivity index (χ4v) is 2.36. The Morgan fingerprint density at radius 1 is 1.24 bits per heavy atom. The van der Waals surface area contributed by atoms with Crippen molar-refractivity contribution in [1.82, 2.24) is 4.98 Å². The van der Waals surface area contributed by atoms with Crippen molar-refractivity contribution in [3.8, 4) is 0 Å². The Morgan fingerprint density at radius 3 is 2.72 bits per heavy atom. The van der Waals surface area contributed by atoms with Gasteiger partial charge in [0.1, 0.15) is 5.52 Å². The minimum absolute atomic E-state index is 0.00455. The summed E-state index contributed by atoms with van der Waals surface area (Å²) in [7, 11) is 0. The number of nitrogens with zero attached hydrogens (tertiary/aromatic N) is 2. The zero-order valence-electron chi connectivity index (χ0n) is 13.1. The maximum absolute atomic E-state index is 12.0. The number of fused-ring (bicyclic) bond motifs is 1. The van der Waals surface area contributed by atoms with Crippen LogP contribution in [0.3, 0.4) is 0 Å². The Morgan fingerprint density at radius 2 is 2.00 bits per heavy atom. The van der Waals surface area contributed by atoms with E-state index in [0.29, 0.717) is 18.4 Å². The lowest BCUT2D eigenvalue weighted by Gasteiger charge is -2.02. The van der Waals surface area contributed by atoms with E-state index in [1.165, 1.54) is 18.2 Å². The molecule has 0 fully saturated rings. The Hall–Kier alpha value is -3.48. The summed E-state index contributed by atoms with van der Waals surface area (Å²) in [5, 5.41) is 20.8. The molecule has 0 saturated carbocycles. The maximum atomic E-state index is 12.0. The van der Waals surface area contributed by atoms with Crippen LogP contribution in [0.15, 0.2) is 63.5 Å². The topological polar surface area (TPSA) is 106 Å². The van der Waals surface area contributed by atoms with Gasteiger partial charge in [0.05, 0.1) is 16.7 Å². The van der Waals surface area contributed by atoms with Crippen molar-refractivity contribution < 1.29 is 14.4 Å². The van der Waals surface area contributed by atoms with Crippen LogP contribution < -0.4 is 5.63 Å². The zero-order chi connectivity index (χ0) is 17.8. The van der Waals surface area contributed by atoms with Crippen LogP contribution in [0.25, 0.3) is 17.2 Å². The van der Waals surface area contributed by atoms with E-state index in [1.807, 2.05) is 30.3 Å². The second kappa shape index (κ2) is 6.96. The van der Waals surface area contributed by atoms with Crippen LogP contribution in [0.4, 0.5) is 5.69 Å². The molecule has 1 aromatic heterocycles. The van der Waals surface area contributed by atoms with E-state index < -0.39 is 10.5 Å². The van der Waals surface area contributed by atoms with Crippen LogP contribution in [-0.2, 0) is 6.42 Å². The van der Waals surface area contributed by atoms with Crippen LogP contribution >= 0.6 is 0 Å². The van der Waals surface area contributed by atoms with Crippen molar-refractivity contribution in [3.05, 3.63) is 86.1 Å². The average molecular weight is 338 g/mol. The molecule has 0 amide bonds.